The number of thioether (sulfide) groups is 1. The molecule has 2 N–H and O–H groups in total. The van der Waals surface area contributed by atoms with Crippen molar-refractivity contribution in [2.75, 3.05) is 39.2 Å². The zero-order valence-electron chi connectivity index (χ0n) is 12.5. The molecule has 1 aliphatic rings. The summed E-state index contributed by atoms with van der Waals surface area (Å²) in [7, 11) is 1.61. The van der Waals surface area contributed by atoms with Gasteiger partial charge in [0, 0.05) is 26.0 Å². The molecule has 1 aliphatic heterocycles. The maximum absolute atomic E-state index is 12.1. The van der Waals surface area contributed by atoms with E-state index in [4.69, 9.17) is 9.47 Å². The number of nitrogens with zero attached hydrogens (tertiary/aromatic N) is 1. The van der Waals surface area contributed by atoms with E-state index in [-0.39, 0.29) is 11.4 Å². The van der Waals surface area contributed by atoms with Crippen LogP contribution < -0.4 is 5.32 Å². The maximum Gasteiger partial charge on any atom is 0.327 e. The highest BCUT2D eigenvalue weighted by molar-refractivity contribution is 8.00. The second-order valence-electron chi connectivity index (χ2n) is 4.65. The van der Waals surface area contributed by atoms with Crippen LogP contribution in [0.3, 0.4) is 0 Å². The number of amides is 2. The zero-order valence-corrected chi connectivity index (χ0v) is 13.4. The van der Waals surface area contributed by atoms with Crippen molar-refractivity contribution in [3.63, 3.8) is 0 Å². The number of nitrogens with one attached hydrogen (secondary N) is 1. The lowest BCUT2D eigenvalue weighted by Crippen LogP contribution is -2.50. The Labute approximate surface area is 129 Å². The summed E-state index contributed by atoms with van der Waals surface area (Å²) in [5.41, 5.74) is 0. The number of carboxylic acids is 1. The lowest BCUT2D eigenvalue weighted by atomic mass is 10.3. The summed E-state index contributed by atoms with van der Waals surface area (Å²) in [4.78, 5) is 24.8. The molecule has 0 radical (unpaired) electrons. The molecule has 1 heterocycles. The Balaban J connectivity index is 2.30. The second-order valence-corrected chi connectivity index (χ2v) is 5.86. The Morgan fingerprint density at radius 3 is 2.76 bits per heavy atom. The molecule has 0 saturated carbocycles. The molecule has 2 atom stereocenters. The Hall–Kier alpha value is -0.990. The average Bonchev–Trinajstić information content (AvgIpc) is 2.90. The van der Waals surface area contributed by atoms with E-state index in [0.717, 1.165) is 6.42 Å². The average molecular weight is 320 g/mol. The number of aliphatic carboxylic acids is 1. The van der Waals surface area contributed by atoms with E-state index < -0.39 is 12.0 Å². The van der Waals surface area contributed by atoms with Crippen LogP contribution in [-0.2, 0) is 14.3 Å². The van der Waals surface area contributed by atoms with Gasteiger partial charge in [-0.3, -0.25) is 4.90 Å². The minimum Gasteiger partial charge on any atom is -0.480 e. The third-order valence-electron chi connectivity index (χ3n) is 3.13. The third-order valence-corrected chi connectivity index (χ3v) is 4.59. The second kappa shape index (κ2) is 9.86. The van der Waals surface area contributed by atoms with Crippen molar-refractivity contribution >= 4 is 23.8 Å². The Morgan fingerprint density at radius 2 is 2.14 bits per heavy atom. The third kappa shape index (κ3) is 5.72. The molecule has 0 bridgehead atoms. The first-order valence-electron chi connectivity index (χ1n) is 7.09. The van der Waals surface area contributed by atoms with E-state index in [2.05, 4.69) is 5.32 Å². The number of rotatable bonds is 9. The van der Waals surface area contributed by atoms with E-state index in [9.17, 15) is 14.7 Å². The van der Waals surface area contributed by atoms with Crippen molar-refractivity contribution in [3.05, 3.63) is 0 Å². The van der Waals surface area contributed by atoms with Gasteiger partial charge in [0.15, 0.2) is 0 Å². The van der Waals surface area contributed by atoms with Crippen LogP contribution in [0, 0.1) is 0 Å². The molecule has 21 heavy (non-hydrogen) atoms. The van der Waals surface area contributed by atoms with Crippen LogP contribution in [0.15, 0.2) is 0 Å². The van der Waals surface area contributed by atoms with Gasteiger partial charge in [0.1, 0.15) is 6.04 Å². The van der Waals surface area contributed by atoms with Crippen LogP contribution in [0.1, 0.15) is 19.8 Å². The minimum absolute atomic E-state index is 0.0657. The van der Waals surface area contributed by atoms with Gasteiger partial charge in [0.05, 0.1) is 18.6 Å². The molecule has 1 saturated heterocycles. The lowest BCUT2D eigenvalue weighted by Gasteiger charge is -2.26. The van der Waals surface area contributed by atoms with Gasteiger partial charge in [0.2, 0.25) is 0 Å². The number of ether oxygens (including phenoxy) is 2. The number of carbonyl (C=O) groups excluding carboxylic acids is 1. The number of hydrogen-bond acceptors (Lipinski definition) is 5. The molecular formula is C13H24N2O5S. The lowest BCUT2D eigenvalue weighted by molar-refractivity contribution is -0.141. The van der Waals surface area contributed by atoms with Crippen LogP contribution in [0.25, 0.3) is 0 Å². The molecular weight excluding hydrogens is 296 g/mol. The molecule has 7 nitrogen and oxygen atoms in total. The SMILES string of the molecule is CCC1SCC(C(=O)O)N1C(=O)NCCCOCCOC. The van der Waals surface area contributed by atoms with Gasteiger partial charge in [-0.1, -0.05) is 6.92 Å². The number of carboxylic acid groups (broad SMARTS) is 1. The van der Waals surface area contributed by atoms with E-state index in [1.807, 2.05) is 6.92 Å². The molecule has 0 aromatic heterocycles. The number of methoxy groups -OCH3 is 1. The van der Waals surface area contributed by atoms with Gasteiger partial charge in [-0.2, -0.15) is 0 Å². The molecule has 2 unspecified atom stereocenters. The first kappa shape index (κ1) is 18.1. The predicted molar refractivity (Wildman–Crippen MR) is 80.5 cm³/mol. The van der Waals surface area contributed by atoms with Crippen molar-refractivity contribution < 1.29 is 24.2 Å². The predicted octanol–water partition coefficient (Wildman–Crippen LogP) is 0.987. The van der Waals surface area contributed by atoms with Crippen molar-refractivity contribution in [3.8, 4) is 0 Å². The van der Waals surface area contributed by atoms with Gasteiger partial charge >= 0.3 is 12.0 Å². The van der Waals surface area contributed by atoms with Crippen molar-refractivity contribution in [2.45, 2.75) is 31.2 Å². The standard InChI is InChI=1S/C13H24N2O5S/c1-3-11-15(10(9-21-11)12(16)17)13(18)14-5-4-6-20-8-7-19-2/h10-11H,3-9H2,1-2H3,(H,14,18)(H,16,17). The van der Waals surface area contributed by atoms with E-state index >= 15 is 0 Å². The van der Waals surface area contributed by atoms with Crippen molar-refractivity contribution in [2.24, 2.45) is 0 Å². The molecule has 8 heteroatoms. The summed E-state index contributed by atoms with van der Waals surface area (Å²) in [6, 6.07) is -1.05. The molecule has 0 aromatic rings. The first-order chi connectivity index (χ1) is 10.1. The molecule has 1 fully saturated rings. The van der Waals surface area contributed by atoms with Gasteiger partial charge in [-0.25, -0.2) is 9.59 Å². The van der Waals surface area contributed by atoms with E-state index in [0.29, 0.717) is 38.5 Å². The molecule has 0 spiro atoms. The summed E-state index contributed by atoms with van der Waals surface area (Å²) < 4.78 is 10.1. The highest BCUT2D eigenvalue weighted by Crippen LogP contribution is 2.31. The van der Waals surface area contributed by atoms with Crippen LogP contribution in [0.4, 0.5) is 4.79 Å². The minimum atomic E-state index is -0.948. The van der Waals surface area contributed by atoms with Crippen molar-refractivity contribution in [1.82, 2.24) is 10.2 Å². The molecule has 0 aromatic carbocycles. The first-order valence-corrected chi connectivity index (χ1v) is 8.14. The maximum atomic E-state index is 12.1. The van der Waals surface area contributed by atoms with Crippen molar-refractivity contribution in [1.29, 1.82) is 0 Å². The van der Waals surface area contributed by atoms with E-state index in [1.54, 1.807) is 7.11 Å². The zero-order chi connectivity index (χ0) is 15.7. The summed E-state index contributed by atoms with van der Waals surface area (Å²) in [5, 5.41) is 11.9. The monoisotopic (exact) mass is 320 g/mol. The normalized spacial score (nSPS) is 21.5. The smallest absolute Gasteiger partial charge is 0.327 e. The fraction of sp³-hybridized carbons (Fsp3) is 0.846. The van der Waals surface area contributed by atoms with Gasteiger partial charge < -0.3 is 19.9 Å². The van der Waals surface area contributed by atoms with Crippen LogP contribution in [0.5, 0.6) is 0 Å². The quantitative estimate of drug-likeness (QED) is 0.616. The van der Waals surface area contributed by atoms with Gasteiger partial charge in [-0.05, 0) is 12.8 Å². The molecule has 1 rings (SSSR count). The Morgan fingerprint density at radius 1 is 1.38 bits per heavy atom. The summed E-state index contributed by atoms with van der Waals surface area (Å²) in [6.45, 7) is 4.04. The molecule has 2 amide bonds. The number of carbonyl (C=O) groups is 2. The summed E-state index contributed by atoms with van der Waals surface area (Å²) in [5.74, 6) is -0.502. The highest BCUT2D eigenvalue weighted by Gasteiger charge is 2.40. The molecule has 122 valence electrons. The topological polar surface area (TPSA) is 88.1 Å². The highest BCUT2D eigenvalue weighted by atomic mass is 32.2. The fourth-order valence-electron chi connectivity index (χ4n) is 2.05. The fourth-order valence-corrected chi connectivity index (χ4v) is 3.39. The number of urea groups is 1. The van der Waals surface area contributed by atoms with Crippen LogP contribution >= 0.6 is 11.8 Å². The van der Waals surface area contributed by atoms with Crippen LogP contribution in [0.2, 0.25) is 0 Å². The summed E-state index contributed by atoms with van der Waals surface area (Å²) >= 11 is 1.51. The number of hydrogen-bond donors (Lipinski definition) is 2. The largest absolute Gasteiger partial charge is 0.480 e. The van der Waals surface area contributed by atoms with Gasteiger partial charge in [-0.15, -0.1) is 11.8 Å². The summed E-state index contributed by atoms with van der Waals surface area (Å²) in [6.07, 6.45) is 1.42. The van der Waals surface area contributed by atoms with Crippen LogP contribution in [-0.4, -0.2) is 72.7 Å². The van der Waals surface area contributed by atoms with E-state index in [1.165, 1.54) is 16.7 Å². The molecule has 0 aliphatic carbocycles. The Kier molecular flexibility index (Phi) is 8.48. The van der Waals surface area contributed by atoms with Gasteiger partial charge in [0.25, 0.3) is 0 Å². The Bertz CT molecular complexity index is 343.